The van der Waals surface area contributed by atoms with Gasteiger partial charge in [-0.3, -0.25) is 4.90 Å². The zero-order valence-corrected chi connectivity index (χ0v) is 9.26. The van der Waals surface area contributed by atoms with Crippen molar-refractivity contribution in [3.63, 3.8) is 0 Å². The van der Waals surface area contributed by atoms with Crippen LogP contribution in [-0.4, -0.2) is 39.3 Å². The van der Waals surface area contributed by atoms with Crippen LogP contribution in [0.4, 0.5) is 0 Å². The van der Waals surface area contributed by atoms with E-state index >= 15 is 0 Å². The predicted molar refractivity (Wildman–Crippen MR) is 58.4 cm³/mol. The smallest absolute Gasteiger partial charge is 0.122 e. The average molecular weight is 209 g/mol. The monoisotopic (exact) mass is 209 g/mol. The molecule has 1 aromatic rings. The molecule has 1 saturated heterocycles. The fraction of sp³-hybridized carbons (Fsp3) is 0.727. The van der Waals surface area contributed by atoms with Crippen LogP contribution in [0.3, 0.4) is 0 Å². The summed E-state index contributed by atoms with van der Waals surface area (Å²) in [6.07, 6.45) is 5.00. The second kappa shape index (κ2) is 4.77. The van der Waals surface area contributed by atoms with E-state index in [4.69, 9.17) is 5.11 Å². The van der Waals surface area contributed by atoms with Gasteiger partial charge >= 0.3 is 0 Å². The minimum atomic E-state index is 0.318. The Morgan fingerprint density at radius 3 is 3.13 bits per heavy atom. The maximum Gasteiger partial charge on any atom is 0.122 e. The summed E-state index contributed by atoms with van der Waals surface area (Å²) in [6.45, 7) is 6.43. The van der Waals surface area contributed by atoms with E-state index in [1.807, 2.05) is 12.4 Å². The van der Waals surface area contributed by atoms with Crippen molar-refractivity contribution in [2.75, 3.05) is 19.7 Å². The Bertz CT molecular complexity index is 311. The van der Waals surface area contributed by atoms with Crippen LogP contribution in [-0.2, 0) is 13.1 Å². The Morgan fingerprint density at radius 2 is 2.47 bits per heavy atom. The fourth-order valence-corrected chi connectivity index (χ4v) is 2.19. The first-order valence-electron chi connectivity index (χ1n) is 5.66. The molecular weight excluding hydrogens is 190 g/mol. The van der Waals surface area contributed by atoms with Gasteiger partial charge in [0.1, 0.15) is 5.82 Å². The molecule has 1 unspecified atom stereocenters. The quantitative estimate of drug-likeness (QED) is 0.794. The minimum absolute atomic E-state index is 0.318. The molecule has 4 heteroatoms. The van der Waals surface area contributed by atoms with E-state index in [0.29, 0.717) is 12.5 Å². The highest BCUT2D eigenvalue weighted by Gasteiger charge is 2.22. The first-order valence-corrected chi connectivity index (χ1v) is 5.66. The molecular formula is C11H19N3O. The van der Waals surface area contributed by atoms with Gasteiger partial charge in [0.15, 0.2) is 0 Å². The lowest BCUT2D eigenvalue weighted by atomic mass is 10.1. The molecule has 0 aliphatic carbocycles. The predicted octanol–water partition coefficient (Wildman–Crippen LogP) is 0.717. The van der Waals surface area contributed by atoms with Crippen LogP contribution in [0.5, 0.6) is 0 Å². The molecule has 1 aliphatic rings. The van der Waals surface area contributed by atoms with Crippen molar-refractivity contribution in [3.05, 3.63) is 18.2 Å². The second-order valence-corrected chi connectivity index (χ2v) is 4.20. The number of aryl methyl sites for hydroxylation is 1. The van der Waals surface area contributed by atoms with Crippen molar-refractivity contribution in [1.29, 1.82) is 0 Å². The van der Waals surface area contributed by atoms with E-state index in [-0.39, 0.29) is 0 Å². The molecule has 0 saturated carbocycles. The molecule has 1 N–H and O–H groups in total. The molecule has 1 aliphatic heterocycles. The molecule has 0 bridgehead atoms. The number of hydrogen-bond donors (Lipinski definition) is 1. The first kappa shape index (κ1) is 10.6. The number of nitrogens with zero attached hydrogens (tertiary/aromatic N) is 3. The molecule has 0 amide bonds. The number of aromatic nitrogens is 2. The van der Waals surface area contributed by atoms with Gasteiger partial charge in [-0.25, -0.2) is 4.98 Å². The summed E-state index contributed by atoms with van der Waals surface area (Å²) in [5.74, 6) is 1.60. The van der Waals surface area contributed by atoms with Gasteiger partial charge in [0.2, 0.25) is 0 Å². The van der Waals surface area contributed by atoms with Crippen LogP contribution in [0.2, 0.25) is 0 Å². The van der Waals surface area contributed by atoms with Crippen molar-refractivity contribution in [2.45, 2.75) is 26.4 Å². The lowest BCUT2D eigenvalue weighted by molar-refractivity contribution is 0.218. The van der Waals surface area contributed by atoms with Gasteiger partial charge in [0, 0.05) is 32.1 Å². The summed E-state index contributed by atoms with van der Waals surface area (Å²) in [5.41, 5.74) is 0. The first-order chi connectivity index (χ1) is 7.33. The second-order valence-electron chi connectivity index (χ2n) is 4.20. The van der Waals surface area contributed by atoms with Gasteiger partial charge in [-0.2, -0.15) is 0 Å². The number of imidazole rings is 1. The third-order valence-electron chi connectivity index (χ3n) is 3.14. The zero-order chi connectivity index (χ0) is 10.7. The van der Waals surface area contributed by atoms with E-state index in [9.17, 15) is 0 Å². The van der Waals surface area contributed by atoms with Gasteiger partial charge in [0.25, 0.3) is 0 Å². The van der Waals surface area contributed by atoms with Gasteiger partial charge in [-0.15, -0.1) is 0 Å². The molecule has 1 fully saturated rings. The number of rotatable bonds is 4. The molecule has 4 nitrogen and oxygen atoms in total. The molecule has 1 atom stereocenters. The van der Waals surface area contributed by atoms with Crippen LogP contribution < -0.4 is 0 Å². The summed E-state index contributed by atoms with van der Waals surface area (Å²) in [5, 5.41) is 9.06. The van der Waals surface area contributed by atoms with Crippen LogP contribution >= 0.6 is 0 Å². The Kier molecular flexibility index (Phi) is 3.38. The van der Waals surface area contributed by atoms with Gasteiger partial charge in [0.05, 0.1) is 6.54 Å². The topological polar surface area (TPSA) is 41.3 Å². The SMILES string of the molecule is CCn1ccnc1CN1CCC(CO)C1. The fourth-order valence-electron chi connectivity index (χ4n) is 2.19. The number of aliphatic hydroxyl groups is 1. The largest absolute Gasteiger partial charge is 0.396 e. The van der Waals surface area contributed by atoms with Gasteiger partial charge in [-0.1, -0.05) is 0 Å². The van der Waals surface area contributed by atoms with Crippen molar-refractivity contribution >= 4 is 0 Å². The lowest BCUT2D eigenvalue weighted by Crippen LogP contribution is -2.23. The Labute approximate surface area is 90.5 Å². The molecule has 2 heterocycles. The maximum absolute atomic E-state index is 9.06. The van der Waals surface area contributed by atoms with Crippen molar-refractivity contribution in [3.8, 4) is 0 Å². The molecule has 84 valence electrons. The van der Waals surface area contributed by atoms with E-state index < -0.39 is 0 Å². The molecule has 15 heavy (non-hydrogen) atoms. The van der Waals surface area contributed by atoms with Gasteiger partial charge < -0.3 is 9.67 Å². The summed E-state index contributed by atoms with van der Waals surface area (Å²) in [6, 6.07) is 0. The molecule has 0 aromatic carbocycles. The molecule has 1 aromatic heterocycles. The van der Waals surface area contributed by atoms with Crippen LogP contribution in [0.15, 0.2) is 12.4 Å². The number of hydrogen-bond acceptors (Lipinski definition) is 3. The van der Waals surface area contributed by atoms with Crippen LogP contribution in [0.25, 0.3) is 0 Å². The molecule has 2 rings (SSSR count). The highest BCUT2D eigenvalue weighted by atomic mass is 16.3. The van der Waals surface area contributed by atoms with E-state index in [2.05, 4.69) is 21.4 Å². The number of aliphatic hydroxyl groups excluding tert-OH is 1. The standard InChI is InChI=1S/C11H19N3O/c1-2-14-6-4-12-11(14)8-13-5-3-10(7-13)9-15/h4,6,10,15H,2-3,5,7-9H2,1H3. The average Bonchev–Trinajstić information content (AvgIpc) is 2.87. The molecule has 0 radical (unpaired) electrons. The van der Waals surface area contributed by atoms with E-state index in [1.165, 1.54) is 0 Å². The normalized spacial score (nSPS) is 22.4. The lowest BCUT2D eigenvalue weighted by Gasteiger charge is -2.15. The van der Waals surface area contributed by atoms with Crippen molar-refractivity contribution < 1.29 is 5.11 Å². The minimum Gasteiger partial charge on any atom is -0.396 e. The van der Waals surface area contributed by atoms with Crippen molar-refractivity contribution in [1.82, 2.24) is 14.5 Å². The summed E-state index contributed by atoms with van der Waals surface area (Å²) < 4.78 is 2.17. The zero-order valence-electron chi connectivity index (χ0n) is 9.26. The van der Waals surface area contributed by atoms with Crippen LogP contribution in [0.1, 0.15) is 19.2 Å². The maximum atomic E-state index is 9.06. The Morgan fingerprint density at radius 1 is 1.60 bits per heavy atom. The highest BCUT2D eigenvalue weighted by molar-refractivity contribution is 4.93. The van der Waals surface area contributed by atoms with Crippen LogP contribution in [0, 0.1) is 5.92 Å². The molecule has 0 spiro atoms. The number of likely N-dealkylation sites (tertiary alicyclic amines) is 1. The third-order valence-corrected chi connectivity index (χ3v) is 3.14. The van der Waals surface area contributed by atoms with E-state index in [0.717, 1.165) is 38.4 Å². The summed E-state index contributed by atoms with van der Waals surface area (Å²) in [4.78, 5) is 6.73. The Hall–Kier alpha value is -0.870. The Balaban J connectivity index is 1.92. The van der Waals surface area contributed by atoms with Crippen molar-refractivity contribution in [2.24, 2.45) is 5.92 Å². The highest BCUT2D eigenvalue weighted by Crippen LogP contribution is 2.17. The van der Waals surface area contributed by atoms with Gasteiger partial charge in [-0.05, 0) is 25.8 Å². The van der Waals surface area contributed by atoms with E-state index in [1.54, 1.807) is 0 Å². The third kappa shape index (κ3) is 2.38. The summed E-state index contributed by atoms with van der Waals surface area (Å²) in [7, 11) is 0. The summed E-state index contributed by atoms with van der Waals surface area (Å²) >= 11 is 0.